The zero-order valence-electron chi connectivity index (χ0n) is 23.3. The van der Waals surface area contributed by atoms with Crippen LogP contribution in [0.15, 0.2) is 84.9 Å². The van der Waals surface area contributed by atoms with Gasteiger partial charge in [-0.3, -0.25) is 29.0 Å². The summed E-state index contributed by atoms with van der Waals surface area (Å²) >= 11 is 0. The predicted octanol–water partition coefficient (Wildman–Crippen LogP) is 3.62. The third kappa shape index (κ3) is 5.95. The molecule has 3 aromatic rings. The van der Waals surface area contributed by atoms with Crippen molar-refractivity contribution in [2.75, 3.05) is 19.6 Å². The van der Waals surface area contributed by atoms with Gasteiger partial charge in [-0.25, -0.2) is 0 Å². The fourth-order valence-corrected chi connectivity index (χ4v) is 6.21. The van der Waals surface area contributed by atoms with E-state index in [9.17, 15) is 14.4 Å². The number of fused-ring (bicyclic) bond motifs is 1. The van der Waals surface area contributed by atoms with E-state index in [1.165, 1.54) is 10.5 Å². The highest BCUT2D eigenvalue weighted by Gasteiger charge is 2.59. The van der Waals surface area contributed by atoms with Gasteiger partial charge in [0.1, 0.15) is 6.54 Å². The summed E-state index contributed by atoms with van der Waals surface area (Å²) in [5, 5.41) is 4.72. The number of likely N-dealkylation sites (tertiary alicyclic amines) is 2. The summed E-state index contributed by atoms with van der Waals surface area (Å²) in [5.74, 6) is -1.48. The van der Waals surface area contributed by atoms with Gasteiger partial charge in [-0.2, -0.15) is 5.06 Å². The fourth-order valence-electron chi connectivity index (χ4n) is 6.21. The van der Waals surface area contributed by atoms with Crippen molar-refractivity contribution >= 4 is 17.7 Å². The molecule has 3 aliphatic heterocycles. The van der Waals surface area contributed by atoms with Crippen molar-refractivity contribution < 1.29 is 19.2 Å². The van der Waals surface area contributed by atoms with E-state index in [0.717, 1.165) is 49.2 Å². The number of imide groups is 1. The van der Waals surface area contributed by atoms with Gasteiger partial charge in [-0.05, 0) is 36.5 Å². The lowest BCUT2D eigenvalue weighted by atomic mass is 9.90. The molecule has 0 spiro atoms. The Bertz CT molecular complexity index is 1370. The maximum Gasteiger partial charge on any atom is 0.261 e. The summed E-state index contributed by atoms with van der Waals surface area (Å²) in [6.45, 7) is 4.90. The Kier molecular flexibility index (Phi) is 7.96. The molecule has 3 aromatic carbocycles. The molecular weight excluding hydrogens is 516 g/mol. The quantitative estimate of drug-likeness (QED) is 0.430. The normalized spacial score (nSPS) is 23.6. The Balaban J connectivity index is 1.11. The third-order valence-electron chi connectivity index (χ3n) is 8.39. The molecule has 8 nitrogen and oxygen atoms in total. The minimum Gasteiger partial charge on any atom is -0.352 e. The molecule has 3 unspecified atom stereocenters. The number of rotatable bonds is 8. The monoisotopic (exact) mass is 552 g/mol. The van der Waals surface area contributed by atoms with Gasteiger partial charge in [0.2, 0.25) is 11.8 Å². The highest BCUT2D eigenvalue weighted by atomic mass is 16.7. The number of hydrogen-bond donors (Lipinski definition) is 1. The van der Waals surface area contributed by atoms with Crippen LogP contribution in [-0.2, 0) is 32.3 Å². The van der Waals surface area contributed by atoms with Crippen LogP contribution in [0.5, 0.6) is 0 Å². The summed E-state index contributed by atoms with van der Waals surface area (Å²) in [6, 6.07) is 27.3. The SMILES string of the molecule is Cc1ccc(C2C3C(=O)N(Cc4ccccc4)C(=O)C3ON2CC(=O)NC2CCN(Cc3ccccc3)CC2)cc1. The number of hydroxylamine groups is 2. The van der Waals surface area contributed by atoms with Crippen molar-refractivity contribution in [3.8, 4) is 0 Å². The van der Waals surface area contributed by atoms with Gasteiger partial charge < -0.3 is 5.32 Å². The molecule has 3 saturated heterocycles. The van der Waals surface area contributed by atoms with Gasteiger partial charge in [0, 0.05) is 25.7 Å². The van der Waals surface area contributed by atoms with Gasteiger partial charge in [0.15, 0.2) is 6.10 Å². The number of nitrogens with one attached hydrogen (secondary N) is 1. The van der Waals surface area contributed by atoms with E-state index in [-0.39, 0.29) is 36.9 Å². The maximum atomic E-state index is 13.7. The first-order valence-electron chi connectivity index (χ1n) is 14.4. The Morgan fingerprint density at radius 2 is 1.44 bits per heavy atom. The van der Waals surface area contributed by atoms with Gasteiger partial charge in [0.05, 0.1) is 18.5 Å². The summed E-state index contributed by atoms with van der Waals surface area (Å²) in [4.78, 5) is 50.1. The summed E-state index contributed by atoms with van der Waals surface area (Å²) < 4.78 is 0. The van der Waals surface area contributed by atoms with Crippen LogP contribution in [0.1, 0.15) is 41.1 Å². The van der Waals surface area contributed by atoms with Crippen molar-refractivity contribution in [3.05, 3.63) is 107 Å². The topological polar surface area (TPSA) is 82.2 Å². The molecule has 3 amide bonds. The van der Waals surface area contributed by atoms with Crippen LogP contribution in [0.4, 0.5) is 0 Å². The number of amides is 3. The molecule has 0 saturated carbocycles. The van der Waals surface area contributed by atoms with Crippen LogP contribution >= 0.6 is 0 Å². The van der Waals surface area contributed by atoms with Crippen molar-refractivity contribution in [1.82, 2.24) is 20.2 Å². The largest absolute Gasteiger partial charge is 0.352 e. The number of carbonyl (C=O) groups is 3. The van der Waals surface area contributed by atoms with Crippen LogP contribution < -0.4 is 5.32 Å². The van der Waals surface area contributed by atoms with Crippen LogP contribution in [0.25, 0.3) is 0 Å². The molecule has 1 N–H and O–H groups in total. The van der Waals surface area contributed by atoms with E-state index < -0.39 is 18.1 Å². The number of carbonyl (C=O) groups excluding carboxylic acids is 3. The average Bonchev–Trinajstić information content (AvgIpc) is 3.46. The maximum absolute atomic E-state index is 13.7. The second-order valence-electron chi connectivity index (χ2n) is 11.3. The molecule has 6 rings (SSSR count). The molecule has 0 aliphatic carbocycles. The first kappa shape index (κ1) is 27.3. The van der Waals surface area contributed by atoms with E-state index >= 15 is 0 Å². The zero-order chi connectivity index (χ0) is 28.3. The average molecular weight is 553 g/mol. The molecule has 3 atom stereocenters. The first-order valence-corrected chi connectivity index (χ1v) is 14.4. The van der Waals surface area contributed by atoms with Gasteiger partial charge >= 0.3 is 0 Å². The third-order valence-corrected chi connectivity index (χ3v) is 8.39. The Labute approximate surface area is 240 Å². The number of nitrogens with zero attached hydrogens (tertiary/aromatic N) is 3. The molecule has 212 valence electrons. The minimum atomic E-state index is -0.938. The van der Waals surface area contributed by atoms with E-state index in [0.29, 0.717) is 0 Å². The fraction of sp³-hybridized carbons (Fsp3) is 0.364. The second kappa shape index (κ2) is 11.9. The lowest BCUT2D eigenvalue weighted by Crippen LogP contribution is -2.47. The summed E-state index contributed by atoms with van der Waals surface area (Å²) in [5.41, 5.74) is 4.12. The molecule has 0 radical (unpaired) electrons. The van der Waals surface area contributed by atoms with Gasteiger partial charge in [0.25, 0.3) is 5.91 Å². The second-order valence-corrected chi connectivity index (χ2v) is 11.3. The molecule has 41 heavy (non-hydrogen) atoms. The lowest BCUT2D eigenvalue weighted by molar-refractivity contribution is -0.183. The van der Waals surface area contributed by atoms with Crippen LogP contribution in [-0.4, -0.2) is 64.4 Å². The van der Waals surface area contributed by atoms with Crippen molar-refractivity contribution in [2.24, 2.45) is 5.92 Å². The zero-order valence-corrected chi connectivity index (χ0v) is 23.3. The molecule has 3 aliphatic rings. The van der Waals surface area contributed by atoms with E-state index in [2.05, 4.69) is 34.5 Å². The summed E-state index contributed by atoms with van der Waals surface area (Å²) in [7, 11) is 0. The predicted molar refractivity (Wildman–Crippen MR) is 154 cm³/mol. The van der Waals surface area contributed by atoms with Crippen LogP contribution in [0.2, 0.25) is 0 Å². The van der Waals surface area contributed by atoms with E-state index in [4.69, 9.17) is 4.84 Å². The smallest absolute Gasteiger partial charge is 0.261 e. The molecule has 3 fully saturated rings. The van der Waals surface area contributed by atoms with Crippen molar-refractivity contribution in [3.63, 3.8) is 0 Å². The number of benzene rings is 3. The Hall–Kier alpha value is -3.85. The molecule has 0 aromatic heterocycles. The minimum absolute atomic E-state index is 0.0466. The Morgan fingerprint density at radius 3 is 2.07 bits per heavy atom. The number of aryl methyl sites for hydroxylation is 1. The molecule has 8 heteroatoms. The highest BCUT2D eigenvalue weighted by molar-refractivity contribution is 6.07. The molecule has 3 heterocycles. The number of hydrogen-bond acceptors (Lipinski definition) is 6. The lowest BCUT2D eigenvalue weighted by Gasteiger charge is -2.33. The molecule has 0 bridgehead atoms. The number of piperidine rings is 1. The van der Waals surface area contributed by atoms with Gasteiger partial charge in [-0.1, -0.05) is 90.5 Å². The van der Waals surface area contributed by atoms with Gasteiger partial charge in [-0.15, -0.1) is 0 Å². The first-order chi connectivity index (χ1) is 20.0. The van der Waals surface area contributed by atoms with Crippen molar-refractivity contribution in [1.29, 1.82) is 0 Å². The van der Waals surface area contributed by atoms with E-state index in [1.54, 1.807) is 5.06 Å². The summed E-state index contributed by atoms with van der Waals surface area (Å²) in [6.07, 6.45) is 0.807. The highest BCUT2D eigenvalue weighted by Crippen LogP contribution is 2.44. The van der Waals surface area contributed by atoms with Crippen LogP contribution in [0, 0.1) is 12.8 Å². The van der Waals surface area contributed by atoms with E-state index in [1.807, 2.05) is 67.6 Å². The van der Waals surface area contributed by atoms with Crippen LogP contribution in [0.3, 0.4) is 0 Å². The standard InChI is InChI=1S/C33H36N4O4/c1-23-12-14-26(15-13-23)30-29-31(33(40)36(32(29)39)21-25-10-6-3-7-11-25)41-37(30)22-28(38)34-27-16-18-35(19-17-27)20-24-8-4-2-5-9-24/h2-15,27,29-31H,16-22H2,1H3,(H,34,38). The molecular formula is C33H36N4O4. The Morgan fingerprint density at radius 1 is 0.829 bits per heavy atom. The van der Waals surface area contributed by atoms with Crippen molar-refractivity contribution in [2.45, 2.75) is 51.0 Å².